The number of aliphatic hydroxyl groups is 1. The molecule has 1 N–H and O–H groups in total. The van der Waals surface area contributed by atoms with Gasteiger partial charge in [-0.3, -0.25) is 19.5 Å². The summed E-state index contributed by atoms with van der Waals surface area (Å²) in [5.74, 6) is -0.425. The first-order valence-corrected chi connectivity index (χ1v) is 11.7. The average molecular weight is 466 g/mol. The van der Waals surface area contributed by atoms with Crippen molar-refractivity contribution < 1.29 is 24.2 Å². The van der Waals surface area contributed by atoms with E-state index >= 15 is 0 Å². The van der Waals surface area contributed by atoms with E-state index in [0.717, 1.165) is 13.1 Å². The number of pyridine rings is 1. The molecule has 0 radical (unpaired) electrons. The minimum atomic E-state index is -0.702. The van der Waals surface area contributed by atoms with Gasteiger partial charge in [-0.05, 0) is 41.8 Å². The lowest BCUT2D eigenvalue weighted by Crippen LogP contribution is -2.42. The normalized spacial score (nSPS) is 20.8. The van der Waals surface area contributed by atoms with Gasteiger partial charge in [-0.25, -0.2) is 0 Å². The molecule has 0 bridgehead atoms. The first kappa shape index (κ1) is 23.9. The van der Waals surface area contributed by atoms with Crippen LogP contribution in [0.3, 0.4) is 0 Å². The maximum atomic E-state index is 13.1. The number of carbonyl (C=O) groups excluding carboxylic acids is 2. The molecule has 180 valence electrons. The first-order chi connectivity index (χ1) is 16.5. The van der Waals surface area contributed by atoms with Crippen molar-refractivity contribution in [2.45, 2.75) is 19.9 Å². The van der Waals surface area contributed by atoms with Gasteiger partial charge in [0.1, 0.15) is 11.5 Å². The molecule has 8 nitrogen and oxygen atoms in total. The van der Waals surface area contributed by atoms with Crippen molar-refractivity contribution in [2.24, 2.45) is 5.92 Å². The van der Waals surface area contributed by atoms with Gasteiger partial charge in [-0.2, -0.15) is 0 Å². The summed E-state index contributed by atoms with van der Waals surface area (Å²) in [5.41, 5.74) is 1.22. The molecule has 1 unspecified atom stereocenters. The Kier molecular flexibility index (Phi) is 7.59. The molecule has 2 fully saturated rings. The van der Waals surface area contributed by atoms with Crippen LogP contribution < -0.4 is 4.74 Å². The summed E-state index contributed by atoms with van der Waals surface area (Å²) in [6, 6.07) is 9.79. The number of likely N-dealkylation sites (tertiary alicyclic amines) is 1. The predicted molar refractivity (Wildman–Crippen MR) is 127 cm³/mol. The topological polar surface area (TPSA) is 92.2 Å². The smallest absolute Gasteiger partial charge is 0.295 e. The highest BCUT2D eigenvalue weighted by Gasteiger charge is 2.46. The molecule has 1 atom stereocenters. The molecule has 0 aliphatic carbocycles. The van der Waals surface area contributed by atoms with Crippen molar-refractivity contribution in [1.82, 2.24) is 14.8 Å². The van der Waals surface area contributed by atoms with Crippen molar-refractivity contribution >= 4 is 17.4 Å². The molecule has 2 saturated heterocycles. The van der Waals surface area contributed by atoms with Crippen LogP contribution in [-0.4, -0.2) is 77.6 Å². The van der Waals surface area contributed by atoms with E-state index in [2.05, 4.69) is 23.7 Å². The Hall–Kier alpha value is -3.23. The van der Waals surface area contributed by atoms with Crippen LogP contribution in [0.1, 0.15) is 31.0 Å². The largest absolute Gasteiger partial charge is 0.507 e. The summed E-state index contributed by atoms with van der Waals surface area (Å²) in [5, 5.41) is 11.2. The second-order valence-corrected chi connectivity index (χ2v) is 8.96. The number of carbonyl (C=O) groups is 2. The third-order valence-corrected chi connectivity index (χ3v) is 6.01. The Morgan fingerprint density at radius 2 is 1.88 bits per heavy atom. The van der Waals surface area contributed by atoms with E-state index in [4.69, 9.17) is 9.47 Å². The van der Waals surface area contributed by atoms with E-state index in [1.54, 1.807) is 47.6 Å². The number of morpholine rings is 1. The highest BCUT2D eigenvalue weighted by Crippen LogP contribution is 2.39. The molecule has 4 rings (SSSR count). The van der Waals surface area contributed by atoms with Gasteiger partial charge in [0.25, 0.3) is 11.7 Å². The lowest BCUT2D eigenvalue weighted by molar-refractivity contribution is -0.140. The van der Waals surface area contributed by atoms with Crippen LogP contribution in [0.5, 0.6) is 5.75 Å². The van der Waals surface area contributed by atoms with E-state index in [1.165, 1.54) is 0 Å². The van der Waals surface area contributed by atoms with Crippen LogP contribution in [0, 0.1) is 5.92 Å². The van der Waals surface area contributed by atoms with E-state index in [1.807, 2.05) is 6.07 Å². The van der Waals surface area contributed by atoms with Gasteiger partial charge in [0.05, 0.1) is 31.4 Å². The van der Waals surface area contributed by atoms with E-state index in [0.29, 0.717) is 55.7 Å². The van der Waals surface area contributed by atoms with E-state index in [-0.39, 0.29) is 11.3 Å². The Morgan fingerprint density at radius 3 is 2.53 bits per heavy atom. The fraction of sp³-hybridized carbons (Fsp3) is 0.423. The van der Waals surface area contributed by atoms with Crippen LogP contribution in [0.15, 0.2) is 54.4 Å². The molecular formula is C26H31N3O5. The van der Waals surface area contributed by atoms with Crippen molar-refractivity contribution in [3.63, 3.8) is 0 Å². The van der Waals surface area contributed by atoms with Crippen LogP contribution in [0.2, 0.25) is 0 Å². The van der Waals surface area contributed by atoms with Crippen LogP contribution >= 0.6 is 0 Å². The molecule has 0 saturated carbocycles. The standard InChI is InChI=1S/C26H31N3O5/c1-18(2)17-34-21-7-5-19(6-8-21)24(30)22-23(20-4-3-9-27-16-20)29(26(32)25(22)31)11-10-28-12-14-33-15-13-28/h3-9,16,18,23,30H,10-15,17H2,1-2H3/b24-22-. The molecule has 8 heteroatoms. The van der Waals surface area contributed by atoms with E-state index < -0.39 is 17.7 Å². The minimum absolute atomic E-state index is 0.0795. The molecule has 34 heavy (non-hydrogen) atoms. The summed E-state index contributed by atoms with van der Waals surface area (Å²) < 4.78 is 11.1. The number of nitrogens with zero attached hydrogens (tertiary/aromatic N) is 3. The SMILES string of the molecule is CC(C)COc1ccc(/C(O)=C2/C(=O)C(=O)N(CCN3CCOCC3)C2c2cccnc2)cc1. The van der Waals surface area contributed by atoms with Gasteiger partial charge in [-0.15, -0.1) is 0 Å². The summed E-state index contributed by atoms with van der Waals surface area (Å²) in [7, 11) is 0. The summed E-state index contributed by atoms with van der Waals surface area (Å²) in [6.45, 7) is 8.58. The van der Waals surface area contributed by atoms with Crippen molar-refractivity contribution in [1.29, 1.82) is 0 Å². The van der Waals surface area contributed by atoms with Gasteiger partial charge in [0, 0.05) is 44.1 Å². The second kappa shape index (κ2) is 10.8. The van der Waals surface area contributed by atoms with Crippen LogP contribution in [-0.2, 0) is 14.3 Å². The third-order valence-electron chi connectivity index (χ3n) is 6.01. The van der Waals surface area contributed by atoms with Crippen molar-refractivity contribution in [2.75, 3.05) is 46.0 Å². The fourth-order valence-electron chi connectivity index (χ4n) is 4.20. The van der Waals surface area contributed by atoms with Gasteiger partial charge in [-0.1, -0.05) is 19.9 Å². The van der Waals surface area contributed by atoms with Gasteiger partial charge in [0.15, 0.2) is 0 Å². The highest BCUT2D eigenvalue weighted by molar-refractivity contribution is 6.46. The molecule has 3 heterocycles. The number of benzene rings is 1. The molecule has 1 aromatic carbocycles. The Labute approximate surface area is 199 Å². The Bertz CT molecular complexity index is 1030. The second-order valence-electron chi connectivity index (χ2n) is 8.96. The minimum Gasteiger partial charge on any atom is -0.507 e. The number of hydrogen-bond donors (Lipinski definition) is 1. The van der Waals surface area contributed by atoms with Crippen molar-refractivity contribution in [3.05, 3.63) is 65.5 Å². The molecule has 2 aliphatic heterocycles. The summed E-state index contributed by atoms with van der Waals surface area (Å²) in [6.07, 6.45) is 3.27. The Balaban J connectivity index is 1.64. The van der Waals surface area contributed by atoms with Crippen LogP contribution in [0.4, 0.5) is 0 Å². The first-order valence-electron chi connectivity index (χ1n) is 11.7. The zero-order valence-electron chi connectivity index (χ0n) is 19.6. The zero-order valence-corrected chi connectivity index (χ0v) is 19.6. The quantitative estimate of drug-likeness (QED) is 0.364. The molecule has 2 aromatic rings. The summed E-state index contributed by atoms with van der Waals surface area (Å²) in [4.78, 5) is 34.1. The average Bonchev–Trinajstić information content (AvgIpc) is 3.12. The maximum Gasteiger partial charge on any atom is 0.295 e. The number of aliphatic hydroxyl groups excluding tert-OH is 1. The number of ether oxygens (including phenoxy) is 2. The number of ketones is 1. The summed E-state index contributed by atoms with van der Waals surface area (Å²) >= 11 is 0. The fourth-order valence-corrected chi connectivity index (χ4v) is 4.20. The van der Waals surface area contributed by atoms with Gasteiger partial charge < -0.3 is 19.5 Å². The molecular weight excluding hydrogens is 434 g/mol. The number of hydrogen-bond acceptors (Lipinski definition) is 7. The number of Topliss-reactive ketones (excluding diaryl/α,β-unsaturated/α-hetero) is 1. The van der Waals surface area contributed by atoms with E-state index in [9.17, 15) is 14.7 Å². The third kappa shape index (κ3) is 5.29. The predicted octanol–water partition coefficient (Wildman–Crippen LogP) is 2.87. The zero-order chi connectivity index (χ0) is 24.1. The van der Waals surface area contributed by atoms with Crippen molar-refractivity contribution in [3.8, 4) is 5.75 Å². The lowest BCUT2D eigenvalue weighted by Gasteiger charge is -2.30. The Morgan fingerprint density at radius 1 is 1.15 bits per heavy atom. The van der Waals surface area contributed by atoms with Gasteiger partial charge in [0.2, 0.25) is 0 Å². The molecule has 1 aromatic heterocycles. The monoisotopic (exact) mass is 465 g/mol. The molecule has 2 aliphatic rings. The number of aromatic nitrogens is 1. The van der Waals surface area contributed by atoms with Crippen LogP contribution in [0.25, 0.3) is 5.76 Å². The maximum absolute atomic E-state index is 13.1. The molecule has 1 amide bonds. The lowest BCUT2D eigenvalue weighted by atomic mass is 9.96. The van der Waals surface area contributed by atoms with Gasteiger partial charge >= 0.3 is 0 Å². The number of amides is 1. The number of rotatable bonds is 8. The molecule has 0 spiro atoms. The highest BCUT2D eigenvalue weighted by atomic mass is 16.5.